The van der Waals surface area contributed by atoms with Crippen molar-refractivity contribution >= 4 is 28.6 Å². The van der Waals surface area contributed by atoms with Crippen LogP contribution in [-0.2, 0) is 16.0 Å². The fraction of sp³-hybridized carbons (Fsp3) is 0.235. The number of halogens is 1. The van der Waals surface area contributed by atoms with Crippen LogP contribution in [0.4, 0.5) is 0 Å². The summed E-state index contributed by atoms with van der Waals surface area (Å²) < 4.78 is 11.5. The van der Waals surface area contributed by atoms with Crippen LogP contribution in [0.15, 0.2) is 36.4 Å². The SMILES string of the molecule is COC(=O)CCc1cc(C)c(Oc2ccc(O)cc2)c(I)c1. The molecule has 0 radical (unpaired) electrons. The number of hydrogen-bond donors (Lipinski definition) is 1. The van der Waals surface area contributed by atoms with Gasteiger partial charge in [0.25, 0.3) is 0 Å². The van der Waals surface area contributed by atoms with Gasteiger partial charge in [-0.1, -0.05) is 6.07 Å². The number of carbonyl (C=O) groups excluding carboxylic acids is 1. The first kappa shape index (κ1) is 16.6. The molecule has 116 valence electrons. The van der Waals surface area contributed by atoms with Crippen molar-refractivity contribution in [2.45, 2.75) is 19.8 Å². The molecule has 2 aromatic carbocycles. The second kappa shape index (κ2) is 7.49. The van der Waals surface area contributed by atoms with Crippen LogP contribution in [0.3, 0.4) is 0 Å². The molecule has 0 aliphatic carbocycles. The Hall–Kier alpha value is -1.76. The van der Waals surface area contributed by atoms with E-state index in [0.29, 0.717) is 18.6 Å². The summed E-state index contributed by atoms with van der Waals surface area (Å²) in [5, 5.41) is 9.30. The zero-order valence-electron chi connectivity index (χ0n) is 12.4. The number of carbonyl (C=O) groups is 1. The van der Waals surface area contributed by atoms with Gasteiger partial charge in [-0.2, -0.15) is 0 Å². The molecule has 0 aliphatic heterocycles. The van der Waals surface area contributed by atoms with Crippen LogP contribution in [0, 0.1) is 10.5 Å². The zero-order chi connectivity index (χ0) is 16.1. The Morgan fingerprint density at radius 1 is 1.23 bits per heavy atom. The molecule has 2 aromatic rings. The van der Waals surface area contributed by atoms with Crippen LogP contribution < -0.4 is 4.74 Å². The highest BCUT2D eigenvalue weighted by Gasteiger charge is 2.10. The van der Waals surface area contributed by atoms with Gasteiger partial charge < -0.3 is 14.6 Å². The molecular formula is C17H17IO4. The highest BCUT2D eigenvalue weighted by molar-refractivity contribution is 14.1. The number of aryl methyl sites for hydroxylation is 2. The first-order valence-corrected chi connectivity index (χ1v) is 7.90. The van der Waals surface area contributed by atoms with Crippen LogP contribution in [-0.4, -0.2) is 18.2 Å². The molecule has 0 bridgehead atoms. The lowest BCUT2D eigenvalue weighted by molar-refractivity contribution is -0.140. The van der Waals surface area contributed by atoms with E-state index in [-0.39, 0.29) is 11.7 Å². The molecule has 0 fully saturated rings. The molecule has 0 aliphatic rings. The minimum Gasteiger partial charge on any atom is -0.508 e. The van der Waals surface area contributed by atoms with Crippen molar-refractivity contribution in [2.75, 3.05) is 7.11 Å². The lowest BCUT2D eigenvalue weighted by Crippen LogP contribution is -2.02. The van der Waals surface area contributed by atoms with Gasteiger partial charge in [0.15, 0.2) is 0 Å². The topological polar surface area (TPSA) is 55.8 Å². The monoisotopic (exact) mass is 412 g/mol. The summed E-state index contributed by atoms with van der Waals surface area (Å²) in [5.41, 5.74) is 2.07. The Morgan fingerprint density at radius 2 is 1.91 bits per heavy atom. The quantitative estimate of drug-likeness (QED) is 0.591. The van der Waals surface area contributed by atoms with E-state index < -0.39 is 0 Å². The maximum Gasteiger partial charge on any atom is 0.305 e. The highest BCUT2D eigenvalue weighted by atomic mass is 127. The van der Waals surface area contributed by atoms with Crippen molar-refractivity contribution in [3.05, 3.63) is 51.1 Å². The lowest BCUT2D eigenvalue weighted by atomic mass is 10.1. The second-order valence-electron chi connectivity index (χ2n) is 4.90. The van der Waals surface area contributed by atoms with Gasteiger partial charge in [-0.05, 0) is 77.4 Å². The fourth-order valence-electron chi connectivity index (χ4n) is 2.06. The third kappa shape index (κ3) is 4.37. The molecule has 1 N–H and O–H groups in total. The minimum atomic E-state index is -0.211. The number of hydrogen-bond acceptors (Lipinski definition) is 4. The van der Waals surface area contributed by atoms with Crippen molar-refractivity contribution in [2.24, 2.45) is 0 Å². The number of phenolic OH excluding ortho intramolecular Hbond substituents is 1. The average Bonchev–Trinajstić information content (AvgIpc) is 2.50. The molecule has 0 amide bonds. The van der Waals surface area contributed by atoms with E-state index in [2.05, 4.69) is 27.3 Å². The Bertz CT molecular complexity index is 642. The van der Waals surface area contributed by atoms with Crippen molar-refractivity contribution in [3.8, 4) is 17.2 Å². The third-order valence-electron chi connectivity index (χ3n) is 3.19. The molecule has 0 unspecified atom stereocenters. The molecule has 0 atom stereocenters. The summed E-state index contributed by atoms with van der Waals surface area (Å²) in [5.74, 6) is 1.45. The van der Waals surface area contributed by atoms with Crippen molar-refractivity contribution in [1.29, 1.82) is 0 Å². The number of ether oxygens (including phenoxy) is 2. The number of benzene rings is 2. The van der Waals surface area contributed by atoms with Crippen LogP contribution in [0.1, 0.15) is 17.5 Å². The number of esters is 1. The van der Waals surface area contributed by atoms with E-state index in [4.69, 9.17) is 4.74 Å². The van der Waals surface area contributed by atoms with Crippen molar-refractivity contribution in [3.63, 3.8) is 0 Å². The molecule has 22 heavy (non-hydrogen) atoms. The van der Waals surface area contributed by atoms with E-state index in [0.717, 1.165) is 20.4 Å². The summed E-state index contributed by atoms with van der Waals surface area (Å²) in [7, 11) is 1.39. The fourth-order valence-corrected chi connectivity index (χ4v) is 2.99. The van der Waals surface area contributed by atoms with Gasteiger partial charge in [-0.15, -0.1) is 0 Å². The largest absolute Gasteiger partial charge is 0.508 e. The van der Waals surface area contributed by atoms with Crippen LogP contribution in [0.2, 0.25) is 0 Å². The smallest absolute Gasteiger partial charge is 0.305 e. The van der Waals surface area contributed by atoms with Gasteiger partial charge in [-0.3, -0.25) is 4.79 Å². The highest BCUT2D eigenvalue weighted by Crippen LogP contribution is 2.32. The Morgan fingerprint density at radius 3 is 2.50 bits per heavy atom. The van der Waals surface area contributed by atoms with Gasteiger partial charge in [0, 0.05) is 6.42 Å². The number of methoxy groups -OCH3 is 1. The molecular weight excluding hydrogens is 395 g/mol. The maximum absolute atomic E-state index is 11.2. The minimum absolute atomic E-state index is 0.205. The van der Waals surface area contributed by atoms with E-state index in [1.54, 1.807) is 24.3 Å². The molecule has 4 nitrogen and oxygen atoms in total. The molecule has 2 rings (SSSR count). The molecule has 0 spiro atoms. The van der Waals surface area contributed by atoms with Crippen LogP contribution in [0.5, 0.6) is 17.2 Å². The molecule has 0 aromatic heterocycles. The average molecular weight is 412 g/mol. The normalized spacial score (nSPS) is 10.3. The van der Waals surface area contributed by atoms with Gasteiger partial charge in [0.05, 0.1) is 10.7 Å². The standard InChI is InChI=1S/C17H17IO4/c1-11-9-12(3-8-16(20)21-2)10-15(18)17(11)22-14-6-4-13(19)5-7-14/h4-7,9-10,19H,3,8H2,1-2H3. The maximum atomic E-state index is 11.2. The van der Waals surface area contributed by atoms with Gasteiger partial charge >= 0.3 is 5.97 Å². The summed E-state index contributed by atoms with van der Waals surface area (Å²) >= 11 is 2.22. The number of phenols is 1. The van der Waals surface area contributed by atoms with Gasteiger partial charge in [0.1, 0.15) is 17.2 Å². The first-order chi connectivity index (χ1) is 10.5. The molecule has 0 heterocycles. The lowest BCUT2D eigenvalue weighted by Gasteiger charge is -2.13. The summed E-state index contributed by atoms with van der Waals surface area (Å²) in [4.78, 5) is 11.2. The van der Waals surface area contributed by atoms with E-state index >= 15 is 0 Å². The second-order valence-corrected chi connectivity index (χ2v) is 6.06. The van der Waals surface area contributed by atoms with Gasteiger partial charge in [-0.25, -0.2) is 0 Å². The first-order valence-electron chi connectivity index (χ1n) is 6.82. The molecule has 0 saturated heterocycles. The van der Waals surface area contributed by atoms with Gasteiger partial charge in [0.2, 0.25) is 0 Å². The number of rotatable bonds is 5. The van der Waals surface area contributed by atoms with E-state index in [1.807, 2.05) is 19.1 Å². The Balaban J connectivity index is 2.16. The van der Waals surface area contributed by atoms with E-state index in [1.165, 1.54) is 7.11 Å². The summed E-state index contributed by atoms with van der Waals surface area (Å²) in [6.45, 7) is 1.97. The van der Waals surface area contributed by atoms with Crippen LogP contribution >= 0.6 is 22.6 Å². The Labute approximate surface area is 143 Å². The summed E-state index contributed by atoms with van der Waals surface area (Å²) in [6.07, 6.45) is 1.01. The third-order valence-corrected chi connectivity index (χ3v) is 3.99. The number of aromatic hydroxyl groups is 1. The molecule has 5 heteroatoms. The predicted molar refractivity (Wildman–Crippen MR) is 92.4 cm³/mol. The molecule has 0 saturated carbocycles. The summed E-state index contributed by atoms with van der Waals surface area (Å²) in [6, 6.07) is 10.6. The zero-order valence-corrected chi connectivity index (χ0v) is 14.6. The van der Waals surface area contributed by atoms with Crippen molar-refractivity contribution in [1.82, 2.24) is 0 Å². The Kier molecular flexibility index (Phi) is 5.65. The van der Waals surface area contributed by atoms with E-state index in [9.17, 15) is 9.90 Å². The van der Waals surface area contributed by atoms with Crippen molar-refractivity contribution < 1.29 is 19.4 Å². The van der Waals surface area contributed by atoms with Crippen LogP contribution in [0.25, 0.3) is 0 Å². The predicted octanol–water partition coefficient (Wildman–Crippen LogP) is 4.20.